The molecular formula is C17H18FN3O. The molecule has 1 aromatic carbocycles. The third kappa shape index (κ3) is 1.66. The molecule has 3 saturated carbocycles. The van der Waals surface area contributed by atoms with Gasteiger partial charge >= 0.3 is 0 Å². The Bertz CT molecular complexity index is 739. The van der Waals surface area contributed by atoms with E-state index < -0.39 is 0 Å². The average molecular weight is 299 g/mol. The number of nitrogens with zero attached hydrogens (tertiary/aromatic N) is 2. The molecule has 1 heterocycles. The predicted molar refractivity (Wildman–Crippen MR) is 77.6 cm³/mol. The molecule has 5 heteroatoms. The zero-order valence-electron chi connectivity index (χ0n) is 12.2. The molecule has 5 rings (SSSR count). The van der Waals surface area contributed by atoms with Gasteiger partial charge in [0.2, 0.25) is 5.89 Å². The van der Waals surface area contributed by atoms with Crippen LogP contribution in [-0.2, 0) is 5.41 Å². The molecule has 0 saturated heterocycles. The standard InChI is InChI=1S/C17H18FN3O/c18-13-4-2-1-3-12(13)17(5-6-17)16-20-15(22-21-16)11-8-14(19)10-7-9(10)11/h1-4,9-11,14H,5-8,19H2/t9-,10+,11-,14+/m0/s1. The Morgan fingerprint density at radius 1 is 1.18 bits per heavy atom. The third-order valence-corrected chi connectivity index (χ3v) is 5.81. The zero-order valence-corrected chi connectivity index (χ0v) is 12.2. The first-order valence-corrected chi connectivity index (χ1v) is 8.04. The van der Waals surface area contributed by atoms with Crippen molar-refractivity contribution in [3.8, 4) is 0 Å². The summed E-state index contributed by atoms with van der Waals surface area (Å²) in [6.45, 7) is 0. The minimum absolute atomic E-state index is 0.184. The number of halogens is 1. The topological polar surface area (TPSA) is 64.9 Å². The fourth-order valence-corrected chi connectivity index (χ4v) is 4.29. The highest BCUT2D eigenvalue weighted by Gasteiger charge is 2.56. The van der Waals surface area contributed by atoms with E-state index in [1.165, 1.54) is 12.5 Å². The van der Waals surface area contributed by atoms with Crippen LogP contribution in [-0.4, -0.2) is 16.2 Å². The number of hydrogen-bond acceptors (Lipinski definition) is 4. The van der Waals surface area contributed by atoms with Gasteiger partial charge in [-0.1, -0.05) is 23.4 Å². The number of hydrogen-bond donors (Lipinski definition) is 1. The molecular weight excluding hydrogens is 281 g/mol. The lowest BCUT2D eigenvalue weighted by Gasteiger charge is -2.12. The van der Waals surface area contributed by atoms with E-state index >= 15 is 0 Å². The quantitative estimate of drug-likeness (QED) is 0.946. The lowest BCUT2D eigenvalue weighted by molar-refractivity contribution is 0.336. The molecule has 114 valence electrons. The lowest BCUT2D eigenvalue weighted by atomic mass is 9.94. The van der Waals surface area contributed by atoms with E-state index in [1.54, 1.807) is 6.07 Å². The van der Waals surface area contributed by atoms with Crippen molar-refractivity contribution in [1.29, 1.82) is 0 Å². The normalized spacial score (nSPS) is 34.5. The van der Waals surface area contributed by atoms with Crippen LogP contribution < -0.4 is 5.73 Å². The summed E-state index contributed by atoms with van der Waals surface area (Å²) in [5, 5.41) is 4.20. The first kappa shape index (κ1) is 12.8. The minimum atomic E-state index is -0.378. The lowest BCUT2D eigenvalue weighted by Crippen LogP contribution is -2.20. The molecule has 4 nitrogen and oxygen atoms in total. The van der Waals surface area contributed by atoms with E-state index in [-0.39, 0.29) is 17.3 Å². The predicted octanol–water partition coefficient (Wildman–Crippen LogP) is 2.74. The Morgan fingerprint density at radius 3 is 2.64 bits per heavy atom. The highest BCUT2D eigenvalue weighted by Crippen LogP contribution is 2.59. The molecule has 0 unspecified atom stereocenters. The number of rotatable bonds is 3. The molecule has 2 N–H and O–H groups in total. The van der Waals surface area contributed by atoms with Gasteiger partial charge in [0.05, 0.1) is 5.41 Å². The van der Waals surface area contributed by atoms with Crippen LogP contribution in [0.3, 0.4) is 0 Å². The fraction of sp³-hybridized carbons (Fsp3) is 0.529. The first-order valence-electron chi connectivity index (χ1n) is 8.04. The first-order chi connectivity index (χ1) is 10.7. The van der Waals surface area contributed by atoms with Crippen LogP contribution >= 0.6 is 0 Å². The molecule has 3 aliphatic rings. The van der Waals surface area contributed by atoms with Gasteiger partial charge in [-0.3, -0.25) is 0 Å². The zero-order chi connectivity index (χ0) is 14.9. The van der Waals surface area contributed by atoms with Crippen LogP contribution in [0.15, 0.2) is 28.8 Å². The maximum absolute atomic E-state index is 14.1. The Labute approximate surface area is 127 Å². The SMILES string of the molecule is N[C@@H]1C[C@H](c2nc(C3(c4ccccc4F)CC3)no2)[C@H]2C[C@H]21. The second-order valence-electron chi connectivity index (χ2n) is 7.09. The summed E-state index contributed by atoms with van der Waals surface area (Å²) in [6, 6.07) is 7.18. The van der Waals surface area contributed by atoms with Crippen LogP contribution in [0.25, 0.3) is 0 Å². The average Bonchev–Trinajstić information content (AvgIpc) is 3.41. The van der Waals surface area contributed by atoms with Gasteiger partial charge in [0.15, 0.2) is 5.82 Å². The molecule has 4 atom stereocenters. The molecule has 22 heavy (non-hydrogen) atoms. The molecule has 2 aromatic rings. The molecule has 0 bridgehead atoms. The highest BCUT2D eigenvalue weighted by atomic mass is 19.1. The summed E-state index contributed by atoms with van der Waals surface area (Å²) in [6.07, 6.45) is 3.87. The Kier molecular flexibility index (Phi) is 2.41. The smallest absolute Gasteiger partial charge is 0.230 e. The van der Waals surface area contributed by atoms with Gasteiger partial charge in [0, 0.05) is 17.5 Å². The van der Waals surface area contributed by atoms with Gasteiger partial charge in [0.1, 0.15) is 5.82 Å². The van der Waals surface area contributed by atoms with E-state index in [0.29, 0.717) is 35.0 Å². The monoisotopic (exact) mass is 299 g/mol. The molecule has 3 aliphatic carbocycles. The van der Waals surface area contributed by atoms with Crippen molar-refractivity contribution in [2.75, 3.05) is 0 Å². The van der Waals surface area contributed by atoms with Gasteiger partial charge < -0.3 is 10.3 Å². The summed E-state index contributed by atoms with van der Waals surface area (Å²) in [5.41, 5.74) is 6.44. The van der Waals surface area contributed by atoms with Crippen LogP contribution in [0.2, 0.25) is 0 Å². The van der Waals surface area contributed by atoms with Gasteiger partial charge in [-0.2, -0.15) is 4.98 Å². The largest absolute Gasteiger partial charge is 0.339 e. The molecule has 1 aromatic heterocycles. The van der Waals surface area contributed by atoms with E-state index in [2.05, 4.69) is 10.1 Å². The number of aromatic nitrogens is 2. The Hall–Kier alpha value is -1.75. The van der Waals surface area contributed by atoms with Gasteiger partial charge in [0.25, 0.3) is 0 Å². The van der Waals surface area contributed by atoms with Crippen molar-refractivity contribution in [1.82, 2.24) is 10.1 Å². The maximum atomic E-state index is 14.1. The van der Waals surface area contributed by atoms with E-state index in [0.717, 1.165) is 19.3 Å². The molecule has 0 aliphatic heterocycles. The Morgan fingerprint density at radius 2 is 2.00 bits per heavy atom. The van der Waals surface area contributed by atoms with Crippen molar-refractivity contribution in [2.45, 2.75) is 43.1 Å². The van der Waals surface area contributed by atoms with Crippen molar-refractivity contribution in [2.24, 2.45) is 17.6 Å². The van der Waals surface area contributed by atoms with Crippen molar-refractivity contribution in [3.05, 3.63) is 47.4 Å². The van der Waals surface area contributed by atoms with Crippen molar-refractivity contribution in [3.63, 3.8) is 0 Å². The van der Waals surface area contributed by atoms with Crippen LogP contribution in [0, 0.1) is 17.7 Å². The number of fused-ring (bicyclic) bond motifs is 1. The van der Waals surface area contributed by atoms with E-state index in [9.17, 15) is 4.39 Å². The van der Waals surface area contributed by atoms with Crippen molar-refractivity contribution < 1.29 is 8.91 Å². The van der Waals surface area contributed by atoms with Crippen LogP contribution in [0.4, 0.5) is 4.39 Å². The van der Waals surface area contributed by atoms with E-state index in [4.69, 9.17) is 10.3 Å². The molecule has 0 amide bonds. The third-order valence-electron chi connectivity index (χ3n) is 5.81. The number of benzene rings is 1. The second-order valence-corrected chi connectivity index (χ2v) is 7.09. The van der Waals surface area contributed by atoms with Crippen LogP contribution in [0.5, 0.6) is 0 Å². The summed E-state index contributed by atoms with van der Waals surface area (Å²) in [7, 11) is 0. The number of nitrogens with two attached hydrogens (primary N) is 1. The highest BCUT2D eigenvalue weighted by molar-refractivity contribution is 5.40. The Balaban J connectivity index is 1.49. The maximum Gasteiger partial charge on any atom is 0.230 e. The molecule has 0 spiro atoms. The van der Waals surface area contributed by atoms with Crippen LogP contribution in [0.1, 0.15) is 48.9 Å². The van der Waals surface area contributed by atoms with Gasteiger partial charge in [-0.25, -0.2) is 4.39 Å². The summed E-state index contributed by atoms with van der Waals surface area (Å²) < 4.78 is 19.7. The summed E-state index contributed by atoms with van der Waals surface area (Å²) in [4.78, 5) is 4.66. The van der Waals surface area contributed by atoms with Gasteiger partial charge in [-0.15, -0.1) is 0 Å². The summed E-state index contributed by atoms with van der Waals surface area (Å²) >= 11 is 0. The van der Waals surface area contributed by atoms with Gasteiger partial charge in [-0.05, 0) is 43.6 Å². The fourth-order valence-electron chi connectivity index (χ4n) is 4.29. The molecule has 3 fully saturated rings. The second kappa shape index (κ2) is 4.16. The van der Waals surface area contributed by atoms with Crippen molar-refractivity contribution >= 4 is 0 Å². The minimum Gasteiger partial charge on any atom is -0.339 e. The summed E-state index contributed by atoms with van der Waals surface area (Å²) in [5.74, 6) is 2.73. The molecule has 0 radical (unpaired) electrons. The van der Waals surface area contributed by atoms with E-state index in [1.807, 2.05) is 12.1 Å².